The molecule has 0 aromatic carbocycles. The molecule has 0 bridgehead atoms. The van der Waals surface area contributed by atoms with E-state index in [9.17, 15) is 0 Å². The van der Waals surface area contributed by atoms with Crippen LogP contribution in [0.2, 0.25) is 0 Å². The van der Waals surface area contributed by atoms with E-state index in [1.165, 1.54) is 77.3 Å². The van der Waals surface area contributed by atoms with Gasteiger partial charge in [0.1, 0.15) is 0 Å². The lowest BCUT2D eigenvalue weighted by atomic mass is 9.83. The van der Waals surface area contributed by atoms with E-state index in [4.69, 9.17) is 5.73 Å². The van der Waals surface area contributed by atoms with Crippen molar-refractivity contribution in [2.45, 2.75) is 83.6 Å². The Morgan fingerprint density at radius 2 is 1.75 bits per heavy atom. The van der Waals surface area contributed by atoms with Gasteiger partial charge >= 0.3 is 0 Å². The lowest BCUT2D eigenvalue weighted by Crippen LogP contribution is -2.56. The number of rotatable bonds is 5. The van der Waals surface area contributed by atoms with Crippen LogP contribution in [0.1, 0.15) is 78.1 Å². The molecule has 2 atom stereocenters. The molecule has 2 aliphatic rings. The summed E-state index contributed by atoms with van der Waals surface area (Å²) in [7, 11) is 0. The summed E-state index contributed by atoms with van der Waals surface area (Å²) in [5, 5.41) is 0. The van der Waals surface area contributed by atoms with E-state index in [0.717, 1.165) is 18.4 Å². The molecular weight excluding hydrogens is 244 g/mol. The number of likely N-dealkylation sites (tertiary alicyclic amines) is 1. The van der Waals surface area contributed by atoms with Gasteiger partial charge in [0.05, 0.1) is 0 Å². The summed E-state index contributed by atoms with van der Waals surface area (Å²) in [6.45, 7) is 8.17. The molecule has 118 valence electrons. The van der Waals surface area contributed by atoms with Gasteiger partial charge in [0.15, 0.2) is 0 Å². The van der Waals surface area contributed by atoms with Crippen LogP contribution in [0.15, 0.2) is 0 Å². The molecule has 1 heterocycles. The third kappa shape index (κ3) is 3.76. The first kappa shape index (κ1) is 16.3. The van der Waals surface area contributed by atoms with E-state index in [2.05, 4.69) is 18.7 Å². The Balaban J connectivity index is 1.94. The van der Waals surface area contributed by atoms with Gasteiger partial charge in [-0.3, -0.25) is 4.90 Å². The Morgan fingerprint density at radius 3 is 2.35 bits per heavy atom. The first-order chi connectivity index (χ1) is 9.74. The molecule has 2 rings (SSSR count). The van der Waals surface area contributed by atoms with E-state index >= 15 is 0 Å². The predicted octanol–water partition coefficient (Wildman–Crippen LogP) is 4.19. The number of piperidine rings is 1. The number of hydrogen-bond acceptors (Lipinski definition) is 2. The van der Waals surface area contributed by atoms with Crippen LogP contribution in [0.3, 0.4) is 0 Å². The highest BCUT2D eigenvalue weighted by Gasteiger charge is 2.38. The maximum atomic E-state index is 6.28. The highest BCUT2D eigenvalue weighted by molar-refractivity contribution is 4.95. The van der Waals surface area contributed by atoms with E-state index in [0.29, 0.717) is 5.54 Å². The van der Waals surface area contributed by atoms with Gasteiger partial charge in [-0.15, -0.1) is 0 Å². The Morgan fingerprint density at radius 1 is 1.00 bits per heavy atom. The smallest absolute Gasteiger partial charge is 0.0331 e. The lowest BCUT2D eigenvalue weighted by molar-refractivity contribution is 0.0405. The summed E-state index contributed by atoms with van der Waals surface area (Å²) in [6, 6.07) is 0. The van der Waals surface area contributed by atoms with Crippen molar-refractivity contribution >= 4 is 0 Å². The van der Waals surface area contributed by atoms with Crippen LogP contribution in [-0.2, 0) is 0 Å². The number of hydrogen-bond donors (Lipinski definition) is 1. The third-order valence-electron chi connectivity index (χ3n) is 6.21. The fraction of sp³-hybridized carbons (Fsp3) is 1.00. The van der Waals surface area contributed by atoms with Crippen LogP contribution < -0.4 is 5.73 Å². The lowest BCUT2D eigenvalue weighted by Gasteiger charge is -2.47. The van der Waals surface area contributed by atoms with E-state index in [1.807, 2.05) is 0 Å². The van der Waals surface area contributed by atoms with Gasteiger partial charge in [0, 0.05) is 12.1 Å². The zero-order valence-electron chi connectivity index (χ0n) is 13.9. The molecule has 2 unspecified atom stereocenters. The maximum Gasteiger partial charge on any atom is 0.0331 e. The zero-order chi connectivity index (χ0) is 14.4. The van der Waals surface area contributed by atoms with Crippen molar-refractivity contribution in [1.82, 2.24) is 4.90 Å². The Hall–Kier alpha value is -0.0800. The Kier molecular flexibility index (Phi) is 6.35. The largest absolute Gasteiger partial charge is 0.329 e. The van der Waals surface area contributed by atoms with Crippen molar-refractivity contribution in [2.75, 3.05) is 19.6 Å². The number of nitrogens with zero attached hydrogens (tertiary/aromatic N) is 1. The molecule has 0 radical (unpaired) electrons. The molecular formula is C18H36N2. The predicted molar refractivity (Wildman–Crippen MR) is 87.9 cm³/mol. The molecule has 20 heavy (non-hydrogen) atoms. The zero-order valence-corrected chi connectivity index (χ0v) is 13.9. The minimum Gasteiger partial charge on any atom is -0.329 e. The standard InChI is InChI=1S/C18H36N2/c1-3-6-17-9-13-20(14-10-17)18(15-19)11-5-7-16(4-2)8-12-18/h16-17H,3-15,19H2,1-2H3. The first-order valence-corrected chi connectivity index (χ1v) is 9.19. The summed E-state index contributed by atoms with van der Waals surface area (Å²) in [4.78, 5) is 2.79. The van der Waals surface area contributed by atoms with Gasteiger partial charge in [-0.1, -0.05) is 46.0 Å². The molecule has 0 aromatic heterocycles. The van der Waals surface area contributed by atoms with Crippen LogP contribution in [-0.4, -0.2) is 30.1 Å². The third-order valence-corrected chi connectivity index (χ3v) is 6.21. The Labute approximate surface area is 126 Å². The average Bonchev–Trinajstić information content (AvgIpc) is 2.71. The molecule has 1 saturated heterocycles. The summed E-state index contributed by atoms with van der Waals surface area (Å²) in [6.07, 6.45) is 13.9. The fourth-order valence-corrected chi connectivity index (χ4v) is 4.62. The van der Waals surface area contributed by atoms with E-state index in [-0.39, 0.29) is 0 Å². The van der Waals surface area contributed by atoms with Gasteiger partial charge < -0.3 is 5.73 Å². The topological polar surface area (TPSA) is 29.3 Å². The van der Waals surface area contributed by atoms with E-state index in [1.54, 1.807) is 0 Å². The summed E-state index contributed by atoms with van der Waals surface area (Å²) in [5.41, 5.74) is 6.63. The van der Waals surface area contributed by atoms with Crippen molar-refractivity contribution in [1.29, 1.82) is 0 Å². The summed E-state index contributed by atoms with van der Waals surface area (Å²) >= 11 is 0. The molecule has 1 aliphatic heterocycles. The van der Waals surface area contributed by atoms with Crippen LogP contribution in [0.5, 0.6) is 0 Å². The summed E-state index contributed by atoms with van der Waals surface area (Å²) in [5.74, 6) is 1.95. The molecule has 2 fully saturated rings. The van der Waals surface area contributed by atoms with Gasteiger partial charge in [0.2, 0.25) is 0 Å². The fourth-order valence-electron chi connectivity index (χ4n) is 4.62. The maximum absolute atomic E-state index is 6.28. The summed E-state index contributed by atoms with van der Waals surface area (Å²) < 4.78 is 0. The molecule has 2 nitrogen and oxygen atoms in total. The van der Waals surface area contributed by atoms with E-state index < -0.39 is 0 Å². The van der Waals surface area contributed by atoms with Crippen molar-refractivity contribution < 1.29 is 0 Å². The monoisotopic (exact) mass is 280 g/mol. The molecule has 1 saturated carbocycles. The van der Waals surface area contributed by atoms with Crippen LogP contribution in [0.4, 0.5) is 0 Å². The second-order valence-electron chi connectivity index (χ2n) is 7.35. The molecule has 1 aliphatic carbocycles. The van der Waals surface area contributed by atoms with Crippen molar-refractivity contribution in [3.63, 3.8) is 0 Å². The van der Waals surface area contributed by atoms with Gasteiger partial charge in [-0.25, -0.2) is 0 Å². The number of nitrogens with two attached hydrogens (primary N) is 1. The quantitative estimate of drug-likeness (QED) is 0.765. The van der Waals surface area contributed by atoms with Crippen LogP contribution in [0.25, 0.3) is 0 Å². The highest BCUT2D eigenvalue weighted by atomic mass is 15.2. The van der Waals surface area contributed by atoms with Gasteiger partial charge in [0.25, 0.3) is 0 Å². The highest BCUT2D eigenvalue weighted by Crippen LogP contribution is 2.37. The average molecular weight is 280 g/mol. The molecule has 2 heteroatoms. The van der Waals surface area contributed by atoms with Crippen LogP contribution >= 0.6 is 0 Å². The van der Waals surface area contributed by atoms with Crippen LogP contribution in [0, 0.1) is 11.8 Å². The molecule has 0 aromatic rings. The van der Waals surface area contributed by atoms with Crippen molar-refractivity contribution in [2.24, 2.45) is 17.6 Å². The normalized spacial score (nSPS) is 34.0. The SMILES string of the molecule is CCCC1CCN(C2(CN)CCCC(CC)CC2)CC1. The van der Waals surface area contributed by atoms with Crippen molar-refractivity contribution in [3.05, 3.63) is 0 Å². The second kappa shape index (κ2) is 7.79. The second-order valence-corrected chi connectivity index (χ2v) is 7.35. The molecule has 2 N–H and O–H groups in total. The van der Waals surface area contributed by atoms with Gasteiger partial charge in [-0.2, -0.15) is 0 Å². The Bertz CT molecular complexity index is 271. The van der Waals surface area contributed by atoms with Gasteiger partial charge in [-0.05, 0) is 57.0 Å². The molecule has 0 spiro atoms. The molecule has 0 amide bonds. The first-order valence-electron chi connectivity index (χ1n) is 9.19. The minimum absolute atomic E-state index is 0.348. The van der Waals surface area contributed by atoms with Crippen molar-refractivity contribution in [3.8, 4) is 0 Å². The minimum atomic E-state index is 0.348.